The molecule has 0 aromatic heterocycles. The fourth-order valence-corrected chi connectivity index (χ4v) is 3.74. The van der Waals surface area contributed by atoms with Crippen molar-refractivity contribution in [1.82, 2.24) is 4.90 Å². The van der Waals surface area contributed by atoms with Gasteiger partial charge < -0.3 is 10.6 Å². The minimum Gasteiger partial charge on any atom is -0.335 e. The number of likely N-dealkylation sites (tertiary alicyclic amines) is 1. The summed E-state index contributed by atoms with van der Waals surface area (Å²) in [5.74, 6) is 0.0520. The van der Waals surface area contributed by atoms with Gasteiger partial charge in [0.25, 0.3) is 5.91 Å². The Hall–Kier alpha value is -2.04. The van der Waals surface area contributed by atoms with Crippen LogP contribution in [-0.4, -0.2) is 29.4 Å². The van der Waals surface area contributed by atoms with Crippen LogP contribution in [-0.2, 0) is 6.42 Å². The van der Waals surface area contributed by atoms with E-state index in [1.807, 2.05) is 41.3 Å². The van der Waals surface area contributed by atoms with E-state index in [9.17, 15) is 4.79 Å². The van der Waals surface area contributed by atoms with E-state index < -0.39 is 0 Å². The summed E-state index contributed by atoms with van der Waals surface area (Å²) in [5.41, 5.74) is 10.2. The molecule has 0 atom stereocenters. The van der Waals surface area contributed by atoms with Crippen molar-refractivity contribution in [1.29, 1.82) is 0 Å². The van der Waals surface area contributed by atoms with Gasteiger partial charge in [-0.25, -0.2) is 0 Å². The quantitative estimate of drug-likeness (QED) is 0.591. The molecule has 2 N–H and O–H groups in total. The number of aryl methyl sites for hydroxylation is 1. The third kappa shape index (κ3) is 3.87. The molecule has 3 nitrogen and oxygen atoms in total. The van der Waals surface area contributed by atoms with Crippen molar-refractivity contribution in [3.05, 3.63) is 66.2 Å². The zero-order valence-electron chi connectivity index (χ0n) is 15.2. The maximum Gasteiger partial charge on any atom is 0.253 e. The van der Waals surface area contributed by atoms with Crippen LogP contribution in [0, 0.1) is 0 Å². The van der Waals surface area contributed by atoms with Gasteiger partial charge in [0, 0.05) is 23.5 Å². The summed E-state index contributed by atoms with van der Waals surface area (Å²) in [6, 6.07) is 14.1. The van der Waals surface area contributed by atoms with Crippen LogP contribution >= 0.6 is 12.6 Å². The first-order chi connectivity index (χ1) is 12.5. The van der Waals surface area contributed by atoms with Crippen LogP contribution in [0.25, 0.3) is 11.1 Å². The van der Waals surface area contributed by atoms with Gasteiger partial charge in [-0.1, -0.05) is 37.3 Å². The number of carbonyl (C=O) groups is 1. The smallest absolute Gasteiger partial charge is 0.253 e. The normalized spacial score (nSPS) is 15.4. The van der Waals surface area contributed by atoms with Crippen molar-refractivity contribution in [3.63, 3.8) is 0 Å². The number of amides is 1. The molecule has 1 aliphatic heterocycles. The maximum atomic E-state index is 12.6. The van der Waals surface area contributed by atoms with Gasteiger partial charge in [0.1, 0.15) is 0 Å². The number of thiol groups is 1. The van der Waals surface area contributed by atoms with Gasteiger partial charge in [-0.2, -0.15) is 0 Å². The minimum absolute atomic E-state index is 0.0520. The van der Waals surface area contributed by atoms with Crippen molar-refractivity contribution < 1.29 is 4.79 Å². The average Bonchev–Trinajstić information content (AvgIpc) is 2.64. The molecule has 136 valence electrons. The predicted molar refractivity (Wildman–Crippen MR) is 111 cm³/mol. The Morgan fingerprint density at radius 1 is 1.23 bits per heavy atom. The highest BCUT2D eigenvalue weighted by Gasteiger charge is 2.41. The number of hydrogen-bond acceptors (Lipinski definition) is 3. The molecule has 2 aromatic rings. The lowest BCUT2D eigenvalue weighted by Gasteiger charge is -2.47. The molecule has 1 fully saturated rings. The summed E-state index contributed by atoms with van der Waals surface area (Å²) in [4.78, 5) is 15.5. The van der Waals surface area contributed by atoms with E-state index in [0.717, 1.165) is 35.3 Å². The first-order valence-electron chi connectivity index (χ1n) is 9.07. The molecule has 2 aromatic carbocycles. The number of benzene rings is 2. The lowest BCUT2D eigenvalue weighted by Crippen LogP contribution is -2.68. The monoisotopic (exact) mass is 366 g/mol. The molecule has 1 aliphatic rings. The van der Waals surface area contributed by atoms with Gasteiger partial charge in [0.2, 0.25) is 0 Å². The second-order valence-electron chi connectivity index (χ2n) is 7.13. The zero-order valence-corrected chi connectivity index (χ0v) is 16.1. The highest BCUT2D eigenvalue weighted by atomic mass is 32.1. The van der Waals surface area contributed by atoms with Crippen molar-refractivity contribution in [2.24, 2.45) is 5.73 Å². The van der Waals surface area contributed by atoms with Crippen LogP contribution in [0.5, 0.6) is 0 Å². The summed E-state index contributed by atoms with van der Waals surface area (Å²) in [5, 5.41) is 0. The van der Waals surface area contributed by atoms with Crippen LogP contribution in [0.4, 0.5) is 0 Å². The van der Waals surface area contributed by atoms with E-state index in [1.165, 1.54) is 5.56 Å². The van der Waals surface area contributed by atoms with Gasteiger partial charge in [0.05, 0.1) is 5.54 Å². The van der Waals surface area contributed by atoms with Crippen molar-refractivity contribution in [2.75, 3.05) is 13.1 Å². The Bertz CT molecular complexity index is 807. The zero-order chi connectivity index (χ0) is 18.7. The standard InChI is InChI=1S/C22H26N2OS/c1-3-5-12-22(23)14-24(15-22)21(25)18-8-6-17(7-9-18)19-10-11-20(26)16(4-2)13-19/h3,6-11,13,26H,1,4-5,12,14-15,23H2,2H3. The molecule has 1 amide bonds. The van der Waals surface area contributed by atoms with E-state index in [0.29, 0.717) is 18.7 Å². The lowest BCUT2D eigenvalue weighted by molar-refractivity contribution is 0.0391. The first-order valence-corrected chi connectivity index (χ1v) is 9.52. The Kier molecular flexibility index (Phi) is 5.54. The minimum atomic E-state index is -0.255. The van der Waals surface area contributed by atoms with Crippen molar-refractivity contribution in [3.8, 4) is 11.1 Å². The molecule has 0 unspecified atom stereocenters. The van der Waals surface area contributed by atoms with Crippen LogP contribution in [0.2, 0.25) is 0 Å². The van der Waals surface area contributed by atoms with Gasteiger partial charge in [-0.15, -0.1) is 19.2 Å². The molecule has 0 spiro atoms. The molecular formula is C22H26N2OS. The number of hydrogen-bond donors (Lipinski definition) is 2. The highest BCUT2D eigenvalue weighted by molar-refractivity contribution is 7.80. The number of allylic oxidation sites excluding steroid dienone is 1. The van der Waals surface area contributed by atoms with E-state index in [2.05, 4.69) is 38.3 Å². The second-order valence-corrected chi connectivity index (χ2v) is 7.61. The first kappa shape index (κ1) is 18.7. The number of nitrogens with zero attached hydrogens (tertiary/aromatic N) is 1. The summed E-state index contributed by atoms with van der Waals surface area (Å²) in [6.07, 6.45) is 4.59. The molecule has 26 heavy (non-hydrogen) atoms. The average molecular weight is 367 g/mol. The van der Waals surface area contributed by atoms with E-state index >= 15 is 0 Å². The Morgan fingerprint density at radius 2 is 1.88 bits per heavy atom. The van der Waals surface area contributed by atoms with Gasteiger partial charge >= 0.3 is 0 Å². The fourth-order valence-electron chi connectivity index (χ4n) is 3.44. The molecule has 0 aliphatic carbocycles. The molecule has 0 saturated carbocycles. The van der Waals surface area contributed by atoms with Crippen molar-refractivity contribution >= 4 is 18.5 Å². The second kappa shape index (κ2) is 7.68. The largest absolute Gasteiger partial charge is 0.335 e. The molecule has 0 radical (unpaired) electrons. The summed E-state index contributed by atoms with van der Waals surface area (Å²) in [7, 11) is 0. The molecule has 1 saturated heterocycles. The predicted octanol–water partition coefficient (Wildman–Crippen LogP) is 4.32. The van der Waals surface area contributed by atoms with Crippen LogP contribution in [0.1, 0.15) is 35.7 Å². The van der Waals surface area contributed by atoms with E-state index in [-0.39, 0.29) is 11.4 Å². The summed E-state index contributed by atoms with van der Waals surface area (Å²) >= 11 is 4.49. The summed E-state index contributed by atoms with van der Waals surface area (Å²) in [6.45, 7) is 7.09. The van der Waals surface area contributed by atoms with E-state index in [1.54, 1.807) is 0 Å². The molecule has 0 bridgehead atoms. The number of rotatable bonds is 6. The van der Waals surface area contributed by atoms with Crippen LogP contribution in [0.15, 0.2) is 60.0 Å². The molecule has 3 rings (SSSR count). The number of carbonyl (C=O) groups excluding carboxylic acids is 1. The Morgan fingerprint density at radius 3 is 2.50 bits per heavy atom. The Balaban J connectivity index is 1.68. The number of nitrogens with two attached hydrogens (primary N) is 1. The SMILES string of the molecule is C=CCCC1(N)CN(C(=O)c2ccc(-c3ccc(S)c(CC)c3)cc2)C1. The van der Waals surface area contributed by atoms with Gasteiger partial charge in [0.15, 0.2) is 0 Å². The van der Waals surface area contributed by atoms with Gasteiger partial charge in [-0.05, 0) is 54.2 Å². The third-order valence-electron chi connectivity index (χ3n) is 5.07. The molecular weight excluding hydrogens is 340 g/mol. The van der Waals surface area contributed by atoms with Crippen LogP contribution in [0.3, 0.4) is 0 Å². The van der Waals surface area contributed by atoms with Crippen LogP contribution < -0.4 is 5.73 Å². The molecule has 1 heterocycles. The highest BCUT2D eigenvalue weighted by Crippen LogP contribution is 2.28. The van der Waals surface area contributed by atoms with Crippen molar-refractivity contribution in [2.45, 2.75) is 36.6 Å². The molecule has 4 heteroatoms. The third-order valence-corrected chi connectivity index (χ3v) is 5.51. The fraction of sp³-hybridized carbons (Fsp3) is 0.318. The Labute approximate surface area is 161 Å². The lowest BCUT2D eigenvalue weighted by atomic mass is 9.85. The van der Waals surface area contributed by atoms with E-state index in [4.69, 9.17) is 5.73 Å². The maximum absolute atomic E-state index is 12.6. The topological polar surface area (TPSA) is 46.3 Å². The summed E-state index contributed by atoms with van der Waals surface area (Å²) < 4.78 is 0. The van der Waals surface area contributed by atoms with Gasteiger partial charge in [-0.3, -0.25) is 4.79 Å².